The Hall–Kier alpha value is -2.12. The minimum absolute atomic E-state index is 0.00706. The number of rotatable bonds is 8. The average molecular weight is 429 g/mol. The summed E-state index contributed by atoms with van der Waals surface area (Å²) < 4.78 is 7.26. The molecule has 2 heterocycles. The highest BCUT2D eigenvalue weighted by Gasteiger charge is 2.23. The Bertz CT molecular complexity index is 1100. The quantitative estimate of drug-likeness (QED) is 0.293. The molecule has 0 spiro atoms. The number of ketones is 1. The Balaban J connectivity index is 1.78. The van der Waals surface area contributed by atoms with Crippen molar-refractivity contribution in [2.24, 2.45) is 0 Å². The van der Waals surface area contributed by atoms with Crippen molar-refractivity contribution in [2.75, 3.05) is 12.4 Å². The fraction of sp³-hybridized carbons (Fsp3) is 0.409. The van der Waals surface area contributed by atoms with Crippen LogP contribution < -0.4 is 10.3 Å². The number of benzene rings is 1. The summed E-state index contributed by atoms with van der Waals surface area (Å²) >= 11 is 3.20. The first-order chi connectivity index (χ1) is 14.1. The first-order valence-corrected chi connectivity index (χ1v) is 11.8. The van der Waals surface area contributed by atoms with Gasteiger partial charge in [0.15, 0.2) is 5.16 Å². The second kappa shape index (κ2) is 8.71. The summed E-state index contributed by atoms with van der Waals surface area (Å²) in [6, 6.07) is 7.59. The van der Waals surface area contributed by atoms with E-state index in [0.717, 1.165) is 53.1 Å². The molecule has 3 aromatic rings. The number of hydrogen-bond acceptors (Lipinski definition) is 6. The maximum atomic E-state index is 13.6. The fourth-order valence-corrected chi connectivity index (χ4v) is 5.95. The molecule has 0 N–H and O–H groups in total. The van der Waals surface area contributed by atoms with Crippen molar-refractivity contribution in [3.05, 3.63) is 45.1 Å². The highest BCUT2D eigenvalue weighted by Crippen LogP contribution is 2.36. The van der Waals surface area contributed by atoms with Gasteiger partial charge >= 0.3 is 0 Å². The van der Waals surface area contributed by atoms with E-state index in [4.69, 9.17) is 9.72 Å². The van der Waals surface area contributed by atoms with Crippen LogP contribution in [-0.4, -0.2) is 27.7 Å². The topological polar surface area (TPSA) is 61.2 Å². The lowest BCUT2D eigenvalue weighted by atomic mass is 10.2. The zero-order chi connectivity index (χ0) is 20.4. The third kappa shape index (κ3) is 4.12. The van der Waals surface area contributed by atoms with Gasteiger partial charge in [-0.25, -0.2) is 4.98 Å². The Morgan fingerprint density at radius 3 is 2.79 bits per heavy atom. The largest absolute Gasteiger partial charge is 0.494 e. The van der Waals surface area contributed by atoms with E-state index in [-0.39, 0.29) is 11.3 Å². The highest BCUT2D eigenvalue weighted by atomic mass is 32.2. The third-order valence-corrected chi connectivity index (χ3v) is 7.23. The zero-order valence-corrected chi connectivity index (χ0v) is 18.3. The van der Waals surface area contributed by atoms with Gasteiger partial charge in [0.1, 0.15) is 16.4 Å². The van der Waals surface area contributed by atoms with Gasteiger partial charge in [0.05, 0.1) is 17.7 Å². The van der Waals surface area contributed by atoms with Gasteiger partial charge in [0, 0.05) is 17.1 Å². The molecule has 4 rings (SSSR count). The maximum absolute atomic E-state index is 13.6. The molecule has 1 aliphatic rings. The molecular formula is C22H24N2O3S2. The minimum atomic E-state index is 0.00706. The Kier molecular flexibility index (Phi) is 6.06. The molecule has 0 atom stereocenters. The molecule has 2 aromatic heterocycles. The molecule has 0 aliphatic heterocycles. The SMILES string of the molecule is CCOc1ccc(-n2c(SCCCC(C)=O)nc3sc4c(c3c2=O)CCC4)cc1. The number of aromatic nitrogens is 2. The summed E-state index contributed by atoms with van der Waals surface area (Å²) in [5, 5.41) is 1.47. The maximum Gasteiger partial charge on any atom is 0.267 e. The third-order valence-electron chi connectivity index (χ3n) is 5.02. The van der Waals surface area contributed by atoms with Crippen molar-refractivity contribution in [3.63, 3.8) is 0 Å². The Labute approximate surface area is 178 Å². The van der Waals surface area contributed by atoms with Crippen molar-refractivity contribution < 1.29 is 9.53 Å². The standard InChI is InChI=1S/C22H24N2O3S2/c1-3-27-16-11-9-15(10-12-16)24-21(26)19-17-7-4-8-18(17)29-20(19)23-22(24)28-13-5-6-14(2)25/h9-12H,3-8,13H2,1-2H3. The molecule has 1 aromatic carbocycles. The molecule has 0 fully saturated rings. The number of ether oxygens (including phenoxy) is 1. The van der Waals surface area contributed by atoms with E-state index in [0.29, 0.717) is 18.2 Å². The van der Waals surface area contributed by atoms with Crippen LogP contribution in [0.4, 0.5) is 0 Å². The molecule has 1 aliphatic carbocycles. The number of hydrogen-bond donors (Lipinski definition) is 0. The van der Waals surface area contributed by atoms with Crippen molar-refractivity contribution in [3.8, 4) is 11.4 Å². The lowest BCUT2D eigenvalue weighted by molar-refractivity contribution is -0.117. The lowest BCUT2D eigenvalue weighted by Gasteiger charge is -2.13. The van der Waals surface area contributed by atoms with Crippen molar-refractivity contribution in [1.82, 2.24) is 9.55 Å². The molecule has 0 radical (unpaired) electrons. The number of nitrogens with zero attached hydrogens (tertiary/aromatic N) is 2. The fourth-order valence-electron chi connectivity index (χ4n) is 3.69. The molecule has 5 nitrogen and oxygen atoms in total. The van der Waals surface area contributed by atoms with Crippen molar-refractivity contribution in [2.45, 2.75) is 51.1 Å². The first kappa shape index (κ1) is 20.2. The molecule has 0 unspecified atom stereocenters. The molecule has 0 amide bonds. The molecule has 0 saturated heterocycles. The van der Waals surface area contributed by atoms with E-state index in [1.165, 1.54) is 10.4 Å². The van der Waals surface area contributed by atoms with E-state index in [2.05, 4.69) is 0 Å². The van der Waals surface area contributed by atoms with Gasteiger partial charge in [-0.15, -0.1) is 11.3 Å². The molecule has 152 valence electrons. The number of carbonyl (C=O) groups excluding carboxylic acids is 1. The summed E-state index contributed by atoms with van der Waals surface area (Å²) in [5.74, 6) is 1.72. The summed E-state index contributed by atoms with van der Waals surface area (Å²) in [7, 11) is 0. The molecule has 7 heteroatoms. The van der Waals surface area contributed by atoms with E-state index < -0.39 is 0 Å². The summed E-state index contributed by atoms with van der Waals surface area (Å²) in [6.07, 6.45) is 4.44. The number of fused-ring (bicyclic) bond motifs is 3. The van der Waals surface area contributed by atoms with Crippen LogP contribution in [0.15, 0.2) is 34.2 Å². The second-order valence-corrected chi connectivity index (χ2v) is 9.30. The number of aryl methyl sites for hydroxylation is 2. The Morgan fingerprint density at radius 1 is 1.28 bits per heavy atom. The van der Waals surface area contributed by atoms with Gasteiger partial charge in [0.2, 0.25) is 0 Å². The lowest BCUT2D eigenvalue weighted by Crippen LogP contribution is -2.22. The van der Waals surface area contributed by atoms with E-state index >= 15 is 0 Å². The van der Waals surface area contributed by atoms with Crippen molar-refractivity contribution >= 4 is 39.1 Å². The summed E-state index contributed by atoms with van der Waals surface area (Å²) in [5.41, 5.74) is 1.99. The monoisotopic (exact) mass is 428 g/mol. The Morgan fingerprint density at radius 2 is 2.07 bits per heavy atom. The molecular weight excluding hydrogens is 404 g/mol. The van der Waals surface area contributed by atoms with Crippen LogP contribution in [-0.2, 0) is 17.6 Å². The van der Waals surface area contributed by atoms with E-state index in [9.17, 15) is 9.59 Å². The van der Waals surface area contributed by atoms with Crippen LogP contribution in [0, 0.1) is 0 Å². The number of carbonyl (C=O) groups is 1. The summed E-state index contributed by atoms with van der Waals surface area (Å²) in [6.45, 7) is 4.16. The van der Waals surface area contributed by atoms with Gasteiger partial charge < -0.3 is 9.53 Å². The second-order valence-electron chi connectivity index (χ2n) is 7.15. The molecule has 0 bridgehead atoms. The predicted molar refractivity (Wildman–Crippen MR) is 119 cm³/mol. The smallest absolute Gasteiger partial charge is 0.267 e. The number of Topliss-reactive ketones (excluding diaryl/α,β-unsaturated/α-hetero) is 1. The zero-order valence-electron chi connectivity index (χ0n) is 16.7. The van der Waals surface area contributed by atoms with Crippen LogP contribution in [0.25, 0.3) is 15.9 Å². The highest BCUT2D eigenvalue weighted by molar-refractivity contribution is 7.99. The van der Waals surface area contributed by atoms with Gasteiger partial charge in [-0.2, -0.15) is 0 Å². The van der Waals surface area contributed by atoms with Gasteiger partial charge in [-0.3, -0.25) is 9.36 Å². The molecule has 29 heavy (non-hydrogen) atoms. The van der Waals surface area contributed by atoms with Crippen LogP contribution in [0.3, 0.4) is 0 Å². The molecule has 0 saturated carbocycles. The average Bonchev–Trinajstić information content (AvgIpc) is 3.27. The van der Waals surface area contributed by atoms with Crippen LogP contribution in [0.2, 0.25) is 0 Å². The normalized spacial score (nSPS) is 13.0. The van der Waals surface area contributed by atoms with E-state index in [1.54, 1.807) is 34.6 Å². The van der Waals surface area contributed by atoms with Crippen molar-refractivity contribution in [1.29, 1.82) is 0 Å². The van der Waals surface area contributed by atoms with Crippen LogP contribution in [0.1, 0.15) is 43.6 Å². The van der Waals surface area contributed by atoms with Gasteiger partial charge in [-0.05, 0) is 69.4 Å². The number of thioether (sulfide) groups is 1. The van der Waals surface area contributed by atoms with Gasteiger partial charge in [0.25, 0.3) is 5.56 Å². The first-order valence-electron chi connectivity index (χ1n) is 10.0. The minimum Gasteiger partial charge on any atom is -0.494 e. The van der Waals surface area contributed by atoms with Crippen LogP contribution >= 0.6 is 23.1 Å². The summed E-state index contributed by atoms with van der Waals surface area (Å²) in [4.78, 5) is 31.8. The number of thiophene rings is 1. The van der Waals surface area contributed by atoms with Crippen LogP contribution in [0.5, 0.6) is 5.75 Å². The van der Waals surface area contributed by atoms with E-state index in [1.807, 2.05) is 31.2 Å². The van der Waals surface area contributed by atoms with Gasteiger partial charge in [-0.1, -0.05) is 11.8 Å². The predicted octanol–water partition coefficient (Wildman–Crippen LogP) is 4.80.